The third-order valence-corrected chi connectivity index (χ3v) is 11.3. The third-order valence-electron chi connectivity index (χ3n) is 11.3. The predicted octanol–water partition coefficient (Wildman–Crippen LogP) is 4.56. The molecule has 0 heterocycles. The van der Waals surface area contributed by atoms with Crippen molar-refractivity contribution >= 4 is 17.8 Å². The van der Waals surface area contributed by atoms with Gasteiger partial charge in [-0.3, -0.25) is 14.4 Å². The summed E-state index contributed by atoms with van der Waals surface area (Å²) in [7, 11) is 0. The van der Waals surface area contributed by atoms with Crippen LogP contribution in [0, 0.1) is 46.3 Å². The Morgan fingerprint density at radius 1 is 1.03 bits per heavy atom. The number of hydrogen-bond acceptors (Lipinski definition) is 5. The lowest BCUT2D eigenvalue weighted by atomic mass is 9.43. The van der Waals surface area contributed by atoms with Gasteiger partial charge in [0.05, 0.1) is 5.60 Å². The van der Waals surface area contributed by atoms with Crippen molar-refractivity contribution in [3.05, 3.63) is 0 Å². The van der Waals surface area contributed by atoms with E-state index in [1.165, 1.54) is 6.92 Å². The number of amides is 1. The summed E-state index contributed by atoms with van der Waals surface area (Å²) in [5, 5.41) is 22.2. The minimum atomic E-state index is -1.02. The molecule has 10 atom stereocenters. The number of ether oxygens (including phenoxy) is 1. The molecule has 4 saturated carbocycles. The molecule has 7 heteroatoms. The minimum Gasteiger partial charge on any atom is -0.480 e. The number of hydrogen-bond donors (Lipinski definition) is 3. The molecule has 0 unspecified atom stereocenters. The van der Waals surface area contributed by atoms with Gasteiger partial charge in [-0.25, -0.2) is 0 Å². The van der Waals surface area contributed by atoms with E-state index in [9.17, 15) is 19.5 Å². The lowest BCUT2D eigenvalue weighted by molar-refractivity contribution is -0.201. The molecule has 4 fully saturated rings. The average Bonchev–Trinajstić information content (AvgIpc) is 3.13. The Labute approximate surface area is 216 Å². The Hall–Kier alpha value is -1.63. The Bertz CT molecular complexity index is 872. The first-order chi connectivity index (χ1) is 16.8. The molecule has 4 rings (SSSR count). The maximum atomic E-state index is 12.2. The molecule has 4 aliphatic rings. The molecule has 0 aromatic carbocycles. The van der Waals surface area contributed by atoms with Gasteiger partial charge in [-0.1, -0.05) is 20.8 Å². The number of fused-ring (bicyclic) bond motifs is 5. The fourth-order valence-electron chi connectivity index (χ4n) is 9.51. The van der Waals surface area contributed by atoms with Crippen molar-refractivity contribution < 1.29 is 29.3 Å². The van der Waals surface area contributed by atoms with Crippen molar-refractivity contribution in [3.8, 4) is 0 Å². The van der Waals surface area contributed by atoms with E-state index >= 15 is 0 Å². The molecule has 0 spiro atoms. The normalized spacial score (nSPS) is 44.5. The largest absolute Gasteiger partial charge is 0.480 e. The predicted molar refractivity (Wildman–Crippen MR) is 136 cm³/mol. The minimum absolute atomic E-state index is 0.0834. The van der Waals surface area contributed by atoms with E-state index in [0.717, 1.165) is 57.8 Å². The summed E-state index contributed by atoms with van der Waals surface area (Å²) in [5.74, 6) is 1.19. The molecule has 7 nitrogen and oxygen atoms in total. The lowest BCUT2D eigenvalue weighted by Crippen LogP contribution is -2.60. The summed E-state index contributed by atoms with van der Waals surface area (Å²) in [6, 6.07) is 0. The molecule has 0 bridgehead atoms. The van der Waals surface area contributed by atoms with Crippen molar-refractivity contribution in [1.29, 1.82) is 0 Å². The van der Waals surface area contributed by atoms with E-state index in [2.05, 4.69) is 26.1 Å². The molecule has 0 aliphatic heterocycles. The summed E-state index contributed by atoms with van der Waals surface area (Å²) in [6.07, 6.45) is 9.10. The van der Waals surface area contributed by atoms with Crippen LogP contribution in [-0.2, 0) is 19.1 Å². The van der Waals surface area contributed by atoms with Crippen LogP contribution in [0.25, 0.3) is 0 Å². The highest BCUT2D eigenvalue weighted by Gasteiger charge is 2.64. The number of carbonyl (C=O) groups is 3. The number of rotatable bonds is 7. The molecule has 204 valence electrons. The van der Waals surface area contributed by atoms with Crippen LogP contribution in [0.5, 0.6) is 0 Å². The van der Waals surface area contributed by atoms with Crippen LogP contribution in [0.4, 0.5) is 0 Å². The van der Waals surface area contributed by atoms with Crippen LogP contribution >= 0.6 is 0 Å². The third kappa shape index (κ3) is 5.06. The number of aliphatic hydroxyl groups is 1. The van der Waals surface area contributed by atoms with Gasteiger partial charge in [-0.05, 0) is 105 Å². The Morgan fingerprint density at radius 3 is 2.39 bits per heavy atom. The van der Waals surface area contributed by atoms with Crippen molar-refractivity contribution in [2.75, 3.05) is 6.54 Å². The van der Waals surface area contributed by atoms with Gasteiger partial charge in [0.1, 0.15) is 12.6 Å². The summed E-state index contributed by atoms with van der Waals surface area (Å²) >= 11 is 0. The highest BCUT2D eigenvalue weighted by molar-refractivity contribution is 5.81. The molecule has 0 radical (unpaired) electrons. The van der Waals surface area contributed by atoms with E-state index in [-0.39, 0.29) is 35.4 Å². The summed E-state index contributed by atoms with van der Waals surface area (Å²) in [5.41, 5.74) is -0.303. The first kappa shape index (κ1) is 27.4. The number of esters is 1. The van der Waals surface area contributed by atoms with E-state index in [1.54, 1.807) is 0 Å². The van der Waals surface area contributed by atoms with Crippen LogP contribution in [0.15, 0.2) is 0 Å². The second-order valence-electron chi connectivity index (χ2n) is 13.5. The SMILES string of the molecule is CC(=O)O[C@@H]1C[C@@H]2C[C@](C)(O)CC[C@]2(C)[C@H]2CC[C@]3(C)[C@@H]([C@H](C)CCC(=O)NCC(=O)O)CC[C@H]3[C@H]12. The fourth-order valence-corrected chi connectivity index (χ4v) is 9.51. The van der Waals surface area contributed by atoms with Gasteiger partial charge in [-0.15, -0.1) is 0 Å². The Morgan fingerprint density at radius 2 is 1.72 bits per heavy atom. The lowest BCUT2D eigenvalue weighted by Gasteiger charge is -2.63. The van der Waals surface area contributed by atoms with Gasteiger partial charge in [0.2, 0.25) is 5.91 Å². The van der Waals surface area contributed by atoms with Gasteiger partial charge >= 0.3 is 11.9 Å². The molecule has 3 N–H and O–H groups in total. The first-order valence-corrected chi connectivity index (χ1v) is 14.1. The maximum absolute atomic E-state index is 12.2. The van der Waals surface area contributed by atoms with Gasteiger partial charge in [0.15, 0.2) is 0 Å². The number of nitrogens with one attached hydrogen (secondary N) is 1. The topological polar surface area (TPSA) is 113 Å². The van der Waals surface area contributed by atoms with E-state index < -0.39 is 11.6 Å². The van der Waals surface area contributed by atoms with Gasteiger partial charge < -0.3 is 20.3 Å². The quantitative estimate of drug-likeness (QED) is 0.438. The second kappa shape index (κ2) is 9.92. The number of carboxylic acid groups (broad SMARTS) is 1. The fraction of sp³-hybridized carbons (Fsp3) is 0.897. The smallest absolute Gasteiger partial charge is 0.322 e. The monoisotopic (exact) mass is 505 g/mol. The maximum Gasteiger partial charge on any atom is 0.322 e. The number of carboxylic acids is 1. The molecule has 0 saturated heterocycles. The van der Waals surface area contributed by atoms with Crippen molar-refractivity contribution in [1.82, 2.24) is 5.32 Å². The molecule has 4 aliphatic carbocycles. The summed E-state index contributed by atoms with van der Waals surface area (Å²) in [4.78, 5) is 35.1. The van der Waals surface area contributed by atoms with E-state index in [4.69, 9.17) is 9.84 Å². The summed E-state index contributed by atoms with van der Waals surface area (Å²) in [6.45, 7) is 10.3. The van der Waals surface area contributed by atoms with Crippen molar-refractivity contribution in [2.24, 2.45) is 46.3 Å². The highest BCUT2D eigenvalue weighted by atomic mass is 16.5. The number of aliphatic carboxylic acids is 1. The van der Waals surface area contributed by atoms with Crippen LogP contribution in [0.1, 0.15) is 98.8 Å². The molecule has 36 heavy (non-hydrogen) atoms. The zero-order chi connectivity index (χ0) is 26.5. The zero-order valence-electron chi connectivity index (χ0n) is 22.8. The molecular weight excluding hydrogens is 458 g/mol. The van der Waals surface area contributed by atoms with Gasteiger partial charge in [0.25, 0.3) is 0 Å². The Balaban J connectivity index is 1.52. The molecule has 1 amide bonds. The Kier molecular flexibility index (Phi) is 7.55. The zero-order valence-corrected chi connectivity index (χ0v) is 22.8. The molecular formula is C29H47NO6. The molecule has 0 aromatic rings. The first-order valence-electron chi connectivity index (χ1n) is 14.1. The summed E-state index contributed by atoms with van der Waals surface area (Å²) < 4.78 is 6.08. The number of carbonyl (C=O) groups excluding carboxylic acids is 2. The van der Waals surface area contributed by atoms with Crippen molar-refractivity contribution in [3.63, 3.8) is 0 Å². The van der Waals surface area contributed by atoms with E-state index in [0.29, 0.717) is 41.9 Å². The van der Waals surface area contributed by atoms with Crippen molar-refractivity contribution in [2.45, 2.75) is 111 Å². The van der Waals surface area contributed by atoms with E-state index in [1.807, 2.05) is 6.92 Å². The standard InChI is InChI=1S/C29H47NO6/c1-17(6-9-24(32)30-16-25(33)34)20-7-8-21-26-22(10-11-29(20,21)5)28(4)13-12-27(3,35)15-19(28)14-23(26)36-18(2)31/h17,19-23,26,35H,6-16H2,1-5H3,(H,30,32)(H,33,34)/t17-,19-,20-,21+,22+,23-,26+,27-,28+,29-/m1/s1. The molecule has 0 aromatic heterocycles. The average molecular weight is 506 g/mol. The van der Waals surface area contributed by atoms with Crippen LogP contribution in [0.2, 0.25) is 0 Å². The van der Waals surface area contributed by atoms with Gasteiger partial charge in [-0.2, -0.15) is 0 Å². The van der Waals surface area contributed by atoms with Crippen LogP contribution < -0.4 is 5.32 Å². The van der Waals surface area contributed by atoms with Crippen LogP contribution in [-0.4, -0.2) is 46.3 Å². The second-order valence-corrected chi connectivity index (χ2v) is 13.5. The van der Waals surface area contributed by atoms with Gasteiger partial charge in [0, 0.05) is 19.3 Å². The van der Waals surface area contributed by atoms with Crippen LogP contribution in [0.3, 0.4) is 0 Å². The highest BCUT2D eigenvalue weighted by Crippen LogP contribution is 2.69.